The Kier molecular flexibility index (Phi) is 15.4. The summed E-state index contributed by atoms with van der Waals surface area (Å²) in [6.45, 7) is 1.61. The van der Waals surface area contributed by atoms with Gasteiger partial charge in [0, 0.05) is 42.2 Å². The molecule has 4 aromatic rings. The third kappa shape index (κ3) is 11.1. The van der Waals surface area contributed by atoms with Gasteiger partial charge in [0.15, 0.2) is 6.17 Å². The molecule has 0 saturated carbocycles. The van der Waals surface area contributed by atoms with E-state index < -0.39 is 71.6 Å². The van der Waals surface area contributed by atoms with Crippen LogP contribution in [0.2, 0.25) is 5.02 Å². The van der Waals surface area contributed by atoms with Crippen LogP contribution in [0.15, 0.2) is 84.9 Å². The molecule has 18 heteroatoms. The number of Topliss-reactive ketones (excluding diaryl/α,β-unsaturated/α-hetero) is 1. The molecule has 5 rings (SSSR count). The fourth-order valence-electron chi connectivity index (χ4n) is 6.94. The fraction of sp³-hybridized carbons (Fsp3) is 0.295. The van der Waals surface area contributed by atoms with E-state index in [1.807, 2.05) is 12.1 Å². The number of hydrogen-bond donors (Lipinski definition) is 9. The molecule has 4 bridgehead atoms. The fourth-order valence-corrected chi connectivity index (χ4v) is 7.07. The highest BCUT2D eigenvalue weighted by Crippen LogP contribution is 2.39. The molecule has 1 unspecified atom stereocenters. The van der Waals surface area contributed by atoms with Crippen LogP contribution in [-0.4, -0.2) is 101 Å². The van der Waals surface area contributed by atoms with Crippen molar-refractivity contribution in [3.63, 3.8) is 0 Å². The van der Waals surface area contributed by atoms with Gasteiger partial charge in [-0.05, 0) is 104 Å². The first kappa shape index (κ1) is 46.2. The number of fused-ring (bicyclic) bond motifs is 5. The normalized spacial score (nSPS) is 17.2. The predicted octanol–water partition coefficient (Wildman–Crippen LogP) is 1.77. The number of nitrogens with one attached hydrogen (secondary N) is 5. The monoisotopic (exact) mass is 868 g/mol. The number of unbranched alkanes of at least 4 members (excludes halogenated alkanes) is 1. The van der Waals surface area contributed by atoms with E-state index in [4.69, 9.17) is 23.1 Å². The first-order valence-electron chi connectivity index (χ1n) is 19.7. The molecule has 1 heterocycles. The summed E-state index contributed by atoms with van der Waals surface area (Å²) in [5.41, 5.74) is 14.6. The van der Waals surface area contributed by atoms with Crippen molar-refractivity contribution in [2.45, 2.75) is 62.9 Å². The number of aromatic hydroxyl groups is 2. The minimum absolute atomic E-state index is 0.0477. The van der Waals surface area contributed by atoms with Gasteiger partial charge in [-0.25, -0.2) is 0 Å². The third-order valence-corrected chi connectivity index (χ3v) is 10.7. The average molecular weight is 869 g/mol. The van der Waals surface area contributed by atoms with Crippen LogP contribution in [0.4, 0.5) is 0 Å². The Morgan fingerprint density at radius 1 is 0.839 bits per heavy atom. The lowest BCUT2D eigenvalue weighted by atomic mass is 9.93. The zero-order chi connectivity index (χ0) is 45.2. The van der Waals surface area contributed by atoms with E-state index in [2.05, 4.69) is 26.6 Å². The van der Waals surface area contributed by atoms with Gasteiger partial charge in [-0.1, -0.05) is 48.0 Å². The van der Waals surface area contributed by atoms with Crippen LogP contribution in [0.3, 0.4) is 0 Å². The smallest absolute Gasteiger partial charge is 0.289 e. The van der Waals surface area contributed by atoms with E-state index in [0.29, 0.717) is 30.0 Å². The third-order valence-electron chi connectivity index (χ3n) is 10.4. The van der Waals surface area contributed by atoms with Gasteiger partial charge >= 0.3 is 0 Å². The minimum Gasteiger partial charge on any atom is -0.507 e. The molecule has 0 saturated heterocycles. The predicted molar refractivity (Wildman–Crippen MR) is 230 cm³/mol. The maximum atomic E-state index is 14.5. The highest BCUT2D eigenvalue weighted by molar-refractivity contribution is 6.38. The molecule has 0 fully saturated rings. The number of rotatable bonds is 13. The second-order valence-electron chi connectivity index (χ2n) is 14.8. The van der Waals surface area contributed by atoms with Crippen molar-refractivity contribution in [3.8, 4) is 33.8 Å². The Hall–Kier alpha value is -6.82. The van der Waals surface area contributed by atoms with Crippen molar-refractivity contribution in [2.24, 2.45) is 11.5 Å². The number of carbonyl (C=O) groups excluding carboxylic acids is 7. The molecule has 4 aromatic carbocycles. The van der Waals surface area contributed by atoms with Gasteiger partial charge in [0.1, 0.15) is 29.6 Å². The van der Waals surface area contributed by atoms with Gasteiger partial charge in [-0.2, -0.15) is 0 Å². The van der Waals surface area contributed by atoms with E-state index in [0.717, 1.165) is 16.0 Å². The van der Waals surface area contributed by atoms with Crippen molar-refractivity contribution in [2.75, 3.05) is 20.6 Å². The lowest BCUT2D eigenvalue weighted by Crippen LogP contribution is -2.60. The first-order chi connectivity index (χ1) is 29.5. The Morgan fingerprint density at radius 2 is 1.45 bits per heavy atom. The molecule has 0 aliphatic carbocycles. The summed E-state index contributed by atoms with van der Waals surface area (Å²) in [6, 6.07) is 16.8. The molecule has 5 atom stereocenters. The SMILES string of the molecule is CNC(=O)C(=O)C(C)NC(=O)[C@@H]1Cc2ccc(O)c(c2)-c2cc(ccc2O)[C@H](N(C)C(=O)[C@H](CCCCN)NC(=O)c2ccc(-c3ccc(Cl)cc3)cc2)C(=O)N[C@@H](N)C(=O)N1. The summed E-state index contributed by atoms with van der Waals surface area (Å²) in [6.07, 6.45) is -0.913. The second kappa shape index (κ2) is 20.6. The number of amides is 6. The highest BCUT2D eigenvalue weighted by atomic mass is 35.5. The molecule has 6 amide bonds. The van der Waals surface area contributed by atoms with Gasteiger partial charge < -0.3 is 53.2 Å². The number of likely N-dealkylation sites (N-methyl/N-ethyl adjacent to an activating group) is 2. The summed E-state index contributed by atoms with van der Waals surface area (Å²) in [4.78, 5) is 95.1. The second-order valence-corrected chi connectivity index (χ2v) is 15.2. The van der Waals surface area contributed by atoms with E-state index in [-0.39, 0.29) is 46.6 Å². The number of phenols is 2. The maximum Gasteiger partial charge on any atom is 0.289 e. The number of halogens is 1. The molecule has 1 aliphatic rings. The van der Waals surface area contributed by atoms with Crippen LogP contribution in [0.1, 0.15) is 53.7 Å². The quantitative estimate of drug-likeness (QED) is 0.0690. The van der Waals surface area contributed by atoms with Crippen molar-refractivity contribution in [1.29, 1.82) is 0 Å². The molecule has 1 aliphatic heterocycles. The van der Waals surface area contributed by atoms with Crippen LogP contribution in [0.25, 0.3) is 22.3 Å². The topological polar surface area (TPSA) is 275 Å². The van der Waals surface area contributed by atoms with Gasteiger partial charge in [-0.15, -0.1) is 0 Å². The van der Waals surface area contributed by atoms with Gasteiger partial charge in [0.25, 0.3) is 17.7 Å². The molecule has 11 N–H and O–H groups in total. The summed E-state index contributed by atoms with van der Waals surface area (Å²) in [5.74, 6) is -6.61. The van der Waals surface area contributed by atoms with E-state index in [1.54, 1.807) is 36.4 Å². The number of phenolic OH excluding ortho intramolecular Hbond substituents is 2. The Balaban J connectivity index is 1.49. The van der Waals surface area contributed by atoms with Crippen LogP contribution < -0.4 is 38.1 Å². The summed E-state index contributed by atoms with van der Waals surface area (Å²) in [7, 11) is 2.58. The molecule has 17 nitrogen and oxygen atoms in total. The molecule has 62 heavy (non-hydrogen) atoms. The van der Waals surface area contributed by atoms with Crippen LogP contribution in [0, 0.1) is 0 Å². The molecule has 0 spiro atoms. The van der Waals surface area contributed by atoms with Crippen LogP contribution in [-0.2, 0) is 35.2 Å². The summed E-state index contributed by atoms with van der Waals surface area (Å²) >= 11 is 6.03. The summed E-state index contributed by atoms with van der Waals surface area (Å²) in [5, 5.41) is 35.0. The van der Waals surface area contributed by atoms with E-state index in [1.165, 1.54) is 57.4 Å². The number of carbonyl (C=O) groups is 7. The average Bonchev–Trinajstić information content (AvgIpc) is 3.26. The lowest BCUT2D eigenvalue weighted by molar-refractivity contribution is -0.142. The molecule has 0 radical (unpaired) electrons. The Morgan fingerprint density at radius 3 is 2.08 bits per heavy atom. The van der Waals surface area contributed by atoms with Crippen molar-refractivity contribution in [3.05, 3.63) is 107 Å². The molecular formula is C44H49ClN8O9. The number of hydrogen-bond acceptors (Lipinski definition) is 11. The zero-order valence-corrected chi connectivity index (χ0v) is 35.0. The first-order valence-corrected chi connectivity index (χ1v) is 20.1. The number of nitrogens with two attached hydrogens (primary N) is 2. The number of ketones is 1. The van der Waals surface area contributed by atoms with Crippen LogP contribution >= 0.6 is 11.6 Å². The van der Waals surface area contributed by atoms with Gasteiger partial charge in [-0.3, -0.25) is 33.6 Å². The van der Waals surface area contributed by atoms with Gasteiger partial charge in [0.05, 0.1) is 6.04 Å². The lowest BCUT2D eigenvalue weighted by Gasteiger charge is -2.32. The van der Waals surface area contributed by atoms with E-state index >= 15 is 0 Å². The molecule has 326 valence electrons. The van der Waals surface area contributed by atoms with Crippen LogP contribution in [0.5, 0.6) is 11.5 Å². The standard InChI is InChI=1S/C44H49ClN8O9/c1-23(37(56)42(60)48-2)49-40(58)33-21-24-7-17-34(54)30(20-24)31-22-28(14-18-35(31)55)36(41(59)52-38(47)43(61)51-33)53(3)44(62)32(6-4-5-19-46)50-39(57)27-10-8-25(9-11-27)26-12-15-29(45)16-13-26/h7-18,20,22-23,32-33,36,38,54-55H,4-6,19,21,46-47H2,1-3H3,(H,48,60)(H,49,58)(H,50,57)(H,51,61)(H,52,59)/t23?,32-,33-,36-,38+/m0/s1. The number of benzene rings is 4. The van der Waals surface area contributed by atoms with Crippen molar-refractivity contribution >= 4 is 52.8 Å². The minimum atomic E-state index is -1.79. The Bertz CT molecular complexity index is 2340. The molecular weight excluding hydrogens is 820 g/mol. The molecule has 0 aromatic heterocycles. The van der Waals surface area contributed by atoms with Crippen molar-refractivity contribution in [1.82, 2.24) is 31.5 Å². The van der Waals surface area contributed by atoms with E-state index in [9.17, 15) is 43.8 Å². The Labute approximate surface area is 362 Å². The number of nitrogens with zero attached hydrogens (tertiary/aromatic N) is 1. The largest absolute Gasteiger partial charge is 0.507 e. The maximum absolute atomic E-state index is 14.5. The highest BCUT2D eigenvalue weighted by Gasteiger charge is 2.36. The summed E-state index contributed by atoms with van der Waals surface area (Å²) < 4.78 is 0. The zero-order valence-electron chi connectivity index (χ0n) is 34.2. The van der Waals surface area contributed by atoms with Crippen molar-refractivity contribution < 1.29 is 43.8 Å². The van der Waals surface area contributed by atoms with Gasteiger partial charge in [0.2, 0.25) is 23.5 Å².